The highest BCUT2D eigenvalue weighted by Gasteiger charge is 2.22. The number of aliphatic hydroxyl groups excluding tert-OH is 1. The van der Waals surface area contributed by atoms with E-state index in [1.54, 1.807) is 13.8 Å². The zero-order valence-electron chi connectivity index (χ0n) is 10.7. The van der Waals surface area contributed by atoms with Crippen molar-refractivity contribution in [2.45, 2.75) is 30.5 Å². The molecule has 19 heavy (non-hydrogen) atoms. The Bertz CT molecular complexity index is 537. The molecule has 0 aliphatic heterocycles. The van der Waals surface area contributed by atoms with Crippen LogP contribution in [0.1, 0.15) is 18.7 Å². The van der Waals surface area contributed by atoms with Gasteiger partial charge in [-0.3, -0.25) is 4.79 Å². The lowest BCUT2D eigenvalue weighted by Gasteiger charge is -2.18. The van der Waals surface area contributed by atoms with Gasteiger partial charge in [-0.1, -0.05) is 6.92 Å². The minimum atomic E-state index is -3.67. The predicted octanol–water partition coefficient (Wildman–Crippen LogP) is 0.670. The lowest BCUT2D eigenvalue weighted by atomic mass is 10.1. The highest BCUT2D eigenvalue weighted by molar-refractivity contribution is 7.91. The molecule has 0 aliphatic carbocycles. The Labute approximate surface area is 116 Å². The fourth-order valence-corrected chi connectivity index (χ4v) is 4.04. The second-order valence-corrected chi connectivity index (χ2v) is 7.47. The van der Waals surface area contributed by atoms with Crippen LogP contribution in [0.5, 0.6) is 0 Å². The molecule has 2 unspecified atom stereocenters. The first-order chi connectivity index (χ1) is 8.76. The monoisotopic (exact) mass is 307 g/mol. The molecule has 0 saturated carbocycles. The number of sulfonamides is 1. The average Bonchev–Trinajstić information content (AvgIpc) is 2.75. The SMILES string of the molecule is CC(CO)C(C)NS(=O)(=O)c1ccc(CC(=O)O)s1. The van der Waals surface area contributed by atoms with Crippen molar-refractivity contribution in [1.82, 2.24) is 4.72 Å². The van der Waals surface area contributed by atoms with Crippen molar-refractivity contribution in [2.75, 3.05) is 6.61 Å². The van der Waals surface area contributed by atoms with Gasteiger partial charge in [-0.25, -0.2) is 13.1 Å². The first kappa shape index (κ1) is 16.1. The van der Waals surface area contributed by atoms with Crippen molar-refractivity contribution in [3.8, 4) is 0 Å². The summed E-state index contributed by atoms with van der Waals surface area (Å²) >= 11 is 0.936. The van der Waals surface area contributed by atoms with E-state index >= 15 is 0 Å². The first-order valence-corrected chi connectivity index (χ1v) is 8.00. The van der Waals surface area contributed by atoms with Crippen LogP contribution in [0.15, 0.2) is 16.3 Å². The summed E-state index contributed by atoms with van der Waals surface area (Å²) < 4.78 is 26.6. The second-order valence-electron chi connectivity index (χ2n) is 4.36. The summed E-state index contributed by atoms with van der Waals surface area (Å²) in [5, 5.41) is 17.6. The fourth-order valence-electron chi connectivity index (χ4n) is 1.32. The number of carboxylic acid groups (broad SMARTS) is 1. The smallest absolute Gasteiger partial charge is 0.308 e. The minimum absolute atomic E-state index is 0.0840. The van der Waals surface area contributed by atoms with Gasteiger partial charge in [-0.15, -0.1) is 11.3 Å². The van der Waals surface area contributed by atoms with Gasteiger partial charge in [-0.05, 0) is 25.0 Å². The van der Waals surface area contributed by atoms with Crippen molar-refractivity contribution in [2.24, 2.45) is 5.92 Å². The summed E-state index contributed by atoms with van der Waals surface area (Å²) in [6, 6.07) is 2.48. The number of rotatable bonds is 7. The Balaban J connectivity index is 2.83. The van der Waals surface area contributed by atoms with E-state index in [9.17, 15) is 13.2 Å². The van der Waals surface area contributed by atoms with Crippen LogP contribution in [0.4, 0.5) is 0 Å². The molecule has 0 amide bonds. The molecule has 2 atom stereocenters. The fraction of sp³-hybridized carbons (Fsp3) is 0.545. The van der Waals surface area contributed by atoms with E-state index in [-0.39, 0.29) is 23.2 Å². The van der Waals surface area contributed by atoms with Gasteiger partial charge in [-0.2, -0.15) is 0 Å². The van der Waals surface area contributed by atoms with Gasteiger partial charge >= 0.3 is 5.97 Å². The molecule has 1 aromatic heterocycles. The van der Waals surface area contributed by atoms with Gasteiger partial charge in [0.25, 0.3) is 0 Å². The number of aliphatic hydroxyl groups is 1. The topological polar surface area (TPSA) is 104 Å². The summed E-state index contributed by atoms with van der Waals surface area (Å²) in [4.78, 5) is 11.0. The first-order valence-electron chi connectivity index (χ1n) is 5.70. The molecule has 1 heterocycles. The molecular weight excluding hydrogens is 290 g/mol. The Hall–Kier alpha value is -0.960. The van der Waals surface area contributed by atoms with E-state index in [0.717, 1.165) is 11.3 Å². The molecule has 108 valence electrons. The third kappa shape index (κ3) is 4.57. The van der Waals surface area contributed by atoms with Crippen molar-refractivity contribution in [3.63, 3.8) is 0 Å². The van der Waals surface area contributed by atoms with Crippen molar-refractivity contribution < 1.29 is 23.4 Å². The van der Waals surface area contributed by atoms with E-state index in [1.807, 2.05) is 0 Å². The van der Waals surface area contributed by atoms with Crippen LogP contribution in [0, 0.1) is 5.92 Å². The van der Waals surface area contributed by atoms with Gasteiger partial charge in [0.1, 0.15) is 4.21 Å². The normalized spacial score (nSPS) is 15.1. The van der Waals surface area contributed by atoms with Gasteiger partial charge < -0.3 is 10.2 Å². The maximum absolute atomic E-state index is 12.0. The second kappa shape index (κ2) is 6.47. The van der Waals surface area contributed by atoms with E-state index in [0.29, 0.717) is 4.88 Å². The number of nitrogens with one attached hydrogen (secondary N) is 1. The lowest BCUT2D eigenvalue weighted by Crippen LogP contribution is -2.37. The molecule has 0 bridgehead atoms. The molecule has 0 radical (unpaired) electrons. The third-order valence-electron chi connectivity index (χ3n) is 2.71. The molecule has 0 fully saturated rings. The van der Waals surface area contributed by atoms with Gasteiger partial charge in [0, 0.05) is 17.5 Å². The van der Waals surface area contributed by atoms with Crippen LogP contribution in [0.25, 0.3) is 0 Å². The van der Waals surface area contributed by atoms with Crippen LogP contribution >= 0.6 is 11.3 Å². The van der Waals surface area contributed by atoms with E-state index in [4.69, 9.17) is 10.2 Å². The number of carbonyl (C=O) groups is 1. The Kier molecular flexibility index (Phi) is 5.48. The third-order valence-corrected chi connectivity index (χ3v) is 5.85. The van der Waals surface area contributed by atoms with E-state index in [1.165, 1.54) is 12.1 Å². The molecule has 0 saturated heterocycles. The summed E-state index contributed by atoms with van der Waals surface area (Å²) in [5.41, 5.74) is 0. The Morgan fingerprint density at radius 3 is 2.58 bits per heavy atom. The number of hydrogen-bond donors (Lipinski definition) is 3. The van der Waals surface area contributed by atoms with E-state index in [2.05, 4.69) is 4.72 Å². The molecule has 0 spiro atoms. The number of aliphatic carboxylic acids is 1. The van der Waals surface area contributed by atoms with Gasteiger partial charge in [0.05, 0.1) is 6.42 Å². The molecule has 0 aromatic carbocycles. The van der Waals surface area contributed by atoms with E-state index < -0.39 is 22.0 Å². The average molecular weight is 307 g/mol. The van der Waals surface area contributed by atoms with Crippen LogP contribution in [-0.2, 0) is 21.2 Å². The molecule has 0 aliphatic rings. The molecule has 1 aromatic rings. The van der Waals surface area contributed by atoms with Crippen molar-refractivity contribution in [1.29, 1.82) is 0 Å². The summed E-state index contributed by atoms with van der Waals surface area (Å²) in [7, 11) is -3.67. The Morgan fingerprint density at radius 1 is 1.42 bits per heavy atom. The maximum atomic E-state index is 12.0. The van der Waals surface area contributed by atoms with Crippen LogP contribution in [0.3, 0.4) is 0 Å². The summed E-state index contributed by atoms with van der Waals surface area (Å²) in [6.45, 7) is 3.29. The van der Waals surface area contributed by atoms with Crippen molar-refractivity contribution in [3.05, 3.63) is 17.0 Å². The van der Waals surface area contributed by atoms with Crippen LogP contribution in [-0.4, -0.2) is 37.2 Å². The van der Waals surface area contributed by atoms with Crippen LogP contribution < -0.4 is 4.72 Å². The summed E-state index contributed by atoms with van der Waals surface area (Å²) in [6.07, 6.45) is -0.192. The maximum Gasteiger partial charge on any atom is 0.308 e. The van der Waals surface area contributed by atoms with Gasteiger partial charge in [0.2, 0.25) is 10.0 Å². The lowest BCUT2D eigenvalue weighted by molar-refractivity contribution is -0.136. The molecular formula is C11H17NO5S2. The highest BCUT2D eigenvalue weighted by Crippen LogP contribution is 2.22. The van der Waals surface area contributed by atoms with Gasteiger partial charge in [0.15, 0.2) is 0 Å². The molecule has 6 nitrogen and oxygen atoms in total. The predicted molar refractivity (Wildman–Crippen MR) is 71.7 cm³/mol. The number of thiophene rings is 1. The minimum Gasteiger partial charge on any atom is -0.481 e. The Morgan fingerprint density at radius 2 is 2.05 bits per heavy atom. The number of hydrogen-bond acceptors (Lipinski definition) is 5. The molecule has 1 rings (SSSR count). The van der Waals surface area contributed by atoms with Crippen molar-refractivity contribution >= 4 is 27.3 Å². The zero-order valence-corrected chi connectivity index (χ0v) is 12.3. The molecule has 3 N–H and O–H groups in total. The number of carboxylic acids is 1. The van der Waals surface area contributed by atoms with Crippen LogP contribution in [0.2, 0.25) is 0 Å². The molecule has 8 heteroatoms. The summed E-state index contributed by atoms with van der Waals surface area (Å²) in [5.74, 6) is -1.20. The standard InChI is InChI=1S/C11H17NO5S2/c1-7(6-13)8(2)12-19(16,17)11-4-3-9(18-11)5-10(14)15/h3-4,7-8,12-13H,5-6H2,1-2H3,(H,14,15). The highest BCUT2D eigenvalue weighted by atomic mass is 32.2. The zero-order chi connectivity index (χ0) is 14.6. The quantitative estimate of drug-likeness (QED) is 0.687. The largest absolute Gasteiger partial charge is 0.481 e.